The van der Waals surface area contributed by atoms with E-state index in [9.17, 15) is 0 Å². The van der Waals surface area contributed by atoms with Crippen molar-refractivity contribution in [2.75, 3.05) is 46.1 Å². The van der Waals surface area contributed by atoms with Crippen LogP contribution in [-0.2, 0) is 11.3 Å². The van der Waals surface area contributed by atoms with Crippen molar-refractivity contribution in [3.8, 4) is 17.2 Å². The fourth-order valence-corrected chi connectivity index (χ4v) is 6.97. The minimum absolute atomic E-state index is 0.115. The van der Waals surface area contributed by atoms with Crippen molar-refractivity contribution in [2.45, 2.75) is 69.8 Å². The van der Waals surface area contributed by atoms with Gasteiger partial charge in [0, 0.05) is 42.1 Å². The van der Waals surface area contributed by atoms with Crippen molar-refractivity contribution in [1.29, 1.82) is 0 Å². The van der Waals surface area contributed by atoms with Gasteiger partial charge >= 0.3 is 0 Å². The lowest BCUT2D eigenvalue weighted by atomic mass is 9.75. The van der Waals surface area contributed by atoms with E-state index in [-0.39, 0.29) is 11.8 Å². The van der Waals surface area contributed by atoms with Gasteiger partial charge in [0.2, 0.25) is 0 Å². The summed E-state index contributed by atoms with van der Waals surface area (Å²) in [5.41, 5.74) is 4.83. The third kappa shape index (κ3) is 9.62. The molecule has 0 saturated carbocycles. The lowest BCUT2D eigenvalue weighted by Gasteiger charge is -2.35. The second kappa shape index (κ2) is 17.9. The molecule has 6 rings (SSSR count). The molecule has 0 radical (unpaired) electrons. The number of unbranched alkanes of at least 4 members (excludes halogenated alkanes) is 7. The Morgan fingerprint density at radius 2 is 1.32 bits per heavy atom. The number of benzene rings is 4. The lowest BCUT2D eigenvalue weighted by molar-refractivity contribution is 0.0371. The van der Waals surface area contributed by atoms with E-state index >= 15 is 0 Å². The number of ether oxygens (including phenoxy) is 4. The van der Waals surface area contributed by atoms with Crippen LogP contribution >= 0.6 is 0 Å². The molecule has 0 aliphatic carbocycles. The Hall–Kier alpha value is -3.80. The summed E-state index contributed by atoms with van der Waals surface area (Å²) in [5.74, 6) is 2.99. The molecule has 2 heterocycles. The number of hydrogen-bond acceptors (Lipinski definition) is 5. The molecule has 2 atom stereocenters. The monoisotopic (exact) mass is 633 g/mol. The summed E-state index contributed by atoms with van der Waals surface area (Å²) in [6.07, 6.45) is 10.3. The Bertz CT molecular complexity index is 1470. The van der Waals surface area contributed by atoms with Crippen molar-refractivity contribution >= 4 is 0 Å². The van der Waals surface area contributed by atoms with E-state index in [0.717, 1.165) is 62.1 Å². The summed E-state index contributed by atoms with van der Waals surface area (Å²) in [7, 11) is 0. The van der Waals surface area contributed by atoms with Gasteiger partial charge in [0.15, 0.2) is 0 Å². The molecule has 5 nitrogen and oxygen atoms in total. The van der Waals surface area contributed by atoms with Crippen molar-refractivity contribution in [2.24, 2.45) is 0 Å². The summed E-state index contributed by atoms with van der Waals surface area (Å²) in [6, 6.07) is 36.0. The van der Waals surface area contributed by atoms with Crippen LogP contribution in [0.1, 0.15) is 85.5 Å². The average Bonchev–Trinajstić information content (AvgIpc) is 3.14. The number of hydrogen-bond donors (Lipinski definition) is 0. The van der Waals surface area contributed by atoms with Crippen LogP contribution < -0.4 is 14.2 Å². The van der Waals surface area contributed by atoms with Gasteiger partial charge in [0.25, 0.3) is 0 Å². The second-order valence-electron chi connectivity index (χ2n) is 12.9. The van der Waals surface area contributed by atoms with Crippen LogP contribution in [0.15, 0.2) is 103 Å². The van der Waals surface area contributed by atoms with Crippen molar-refractivity contribution < 1.29 is 18.9 Å². The summed E-state index contributed by atoms with van der Waals surface area (Å²) in [6.45, 7) is 7.13. The van der Waals surface area contributed by atoms with Gasteiger partial charge in [0.1, 0.15) is 23.9 Å². The quantitative estimate of drug-likeness (QED) is 0.108. The molecule has 47 heavy (non-hydrogen) atoms. The molecule has 0 amide bonds. The number of rotatable bonds is 17. The fraction of sp³-hybridized carbons (Fsp3) is 0.429. The van der Waals surface area contributed by atoms with E-state index in [4.69, 9.17) is 18.9 Å². The molecule has 0 bridgehead atoms. The predicted molar refractivity (Wildman–Crippen MR) is 190 cm³/mol. The Balaban J connectivity index is 1.03. The van der Waals surface area contributed by atoms with Crippen LogP contribution in [0, 0.1) is 0 Å². The average molecular weight is 634 g/mol. The second-order valence-corrected chi connectivity index (χ2v) is 12.9. The number of para-hydroxylation sites is 1. The minimum atomic E-state index is 0.115. The first-order valence-corrected chi connectivity index (χ1v) is 17.9. The molecule has 0 aromatic heterocycles. The van der Waals surface area contributed by atoms with E-state index < -0.39 is 0 Å². The molecule has 2 unspecified atom stereocenters. The van der Waals surface area contributed by atoms with Crippen molar-refractivity contribution in [3.05, 3.63) is 125 Å². The summed E-state index contributed by atoms with van der Waals surface area (Å²) >= 11 is 0. The molecule has 0 N–H and O–H groups in total. The predicted octanol–water partition coefficient (Wildman–Crippen LogP) is 9.41. The highest BCUT2D eigenvalue weighted by Crippen LogP contribution is 2.49. The Morgan fingerprint density at radius 1 is 0.638 bits per heavy atom. The number of nitrogens with zero attached hydrogens (tertiary/aromatic N) is 1. The minimum Gasteiger partial charge on any atom is -0.493 e. The molecule has 1 fully saturated rings. The van der Waals surface area contributed by atoms with Crippen LogP contribution in [0.4, 0.5) is 0 Å². The molecule has 4 aromatic carbocycles. The first kappa shape index (κ1) is 33.1. The standard InChI is InChI=1S/C42H51NO4/c1(3-5-15-25-43-26-29-44-30-27-43)2-4-6-16-28-45-40-22-14-13-21-37(40)42-38-24-23-36(46-32-34-17-9-7-10-18-34)31-41(38)47-33-39(42)35-19-11-8-12-20-35/h7-14,17-24,31,39,42H,1-6,15-16,25-30,32-33H2. The Morgan fingerprint density at radius 3 is 2.11 bits per heavy atom. The fourth-order valence-electron chi connectivity index (χ4n) is 6.97. The lowest BCUT2D eigenvalue weighted by Crippen LogP contribution is -2.36. The molecule has 248 valence electrons. The molecule has 4 aromatic rings. The van der Waals surface area contributed by atoms with Crippen LogP contribution in [0.2, 0.25) is 0 Å². The van der Waals surface area contributed by atoms with Gasteiger partial charge < -0.3 is 18.9 Å². The Labute approximate surface area is 281 Å². The van der Waals surface area contributed by atoms with E-state index in [2.05, 4.69) is 89.8 Å². The van der Waals surface area contributed by atoms with Crippen LogP contribution in [0.3, 0.4) is 0 Å². The van der Waals surface area contributed by atoms with Crippen LogP contribution in [0.25, 0.3) is 0 Å². The number of morpholine rings is 1. The van der Waals surface area contributed by atoms with E-state index in [1.807, 2.05) is 18.2 Å². The van der Waals surface area contributed by atoms with Gasteiger partial charge in [-0.25, -0.2) is 0 Å². The maximum atomic E-state index is 6.54. The van der Waals surface area contributed by atoms with Gasteiger partial charge in [0.05, 0.1) is 26.4 Å². The van der Waals surface area contributed by atoms with E-state index in [1.165, 1.54) is 68.2 Å². The van der Waals surface area contributed by atoms with Gasteiger partial charge in [-0.3, -0.25) is 4.90 Å². The third-order valence-electron chi connectivity index (χ3n) is 9.60. The summed E-state index contributed by atoms with van der Waals surface area (Å²) in [4.78, 5) is 2.54. The van der Waals surface area contributed by atoms with Crippen LogP contribution in [0.5, 0.6) is 17.2 Å². The molecular weight excluding hydrogens is 582 g/mol. The normalized spacial score (nSPS) is 17.9. The van der Waals surface area contributed by atoms with Gasteiger partial charge in [-0.2, -0.15) is 0 Å². The SMILES string of the molecule is c1ccc(COc2ccc3c(c2)OCC(c2ccccc2)C3c2ccccc2OCCCCCCCCCCN2CCOCC2)cc1. The third-order valence-corrected chi connectivity index (χ3v) is 9.60. The smallest absolute Gasteiger partial charge is 0.126 e. The molecule has 5 heteroatoms. The highest BCUT2D eigenvalue weighted by Gasteiger charge is 2.35. The van der Waals surface area contributed by atoms with Crippen molar-refractivity contribution in [3.63, 3.8) is 0 Å². The van der Waals surface area contributed by atoms with Gasteiger partial charge in [-0.05, 0) is 42.6 Å². The zero-order valence-electron chi connectivity index (χ0n) is 27.9. The van der Waals surface area contributed by atoms with Gasteiger partial charge in [-0.15, -0.1) is 0 Å². The maximum absolute atomic E-state index is 6.54. The molecular formula is C42H51NO4. The molecule has 2 aliphatic heterocycles. The maximum Gasteiger partial charge on any atom is 0.126 e. The van der Waals surface area contributed by atoms with Crippen LogP contribution in [-0.4, -0.2) is 51.0 Å². The van der Waals surface area contributed by atoms with E-state index in [0.29, 0.717) is 13.2 Å². The Kier molecular flexibility index (Phi) is 12.6. The largest absolute Gasteiger partial charge is 0.493 e. The first-order chi connectivity index (χ1) is 23.3. The summed E-state index contributed by atoms with van der Waals surface area (Å²) in [5, 5.41) is 0. The summed E-state index contributed by atoms with van der Waals surface area (Å²) < 4.78 is 24.6. The van der Waals surface area contributed by atoms with Gasteiger partial charge in [-0.1, -0.05) is 123 Å². The molecule has 1 saturated heterocycles. The van der Waals surface area contributed by atoms with E-state index in [1.54, 1.807) is 0 Å². The first-order valence-electron chi connectivity index (χ1n) is 17.9. The number of fused-ring (bicyclic) bond motifs is 1. The highest BCUT2D eigenvalue weighted by atomic mass is 16.5. The topological polar surface area (TPSA) is 40.2 Å². The zero-order chi connectivity index (χ0) is 31.9. The highest BCUT2D eigenvalue weighted by molar-refractivity contribution is 5.53. The zero-order valence-corrected chi connectivity index (χ0v) is 27.9. The van der Waals surface area contributed by atoms with Crippen molar-refractivity contribution in [1.82, 2.24) is 4.90 Å². The molecule has 2 aliphatic rings. The molecule has 0 spiro atoms.